The third-order valence-electron chi connectivity index (χ3n) is 1.60. The Kier molecular flexibility index (Phi) is 2.09. The van der Waals surface area contributed by atoms with Crippen molar-refractivity contribution in [1.29, 1.82) is 0 Å². The molecule has 66 valence electrons. The second-order valence-corrected chi connectivity index (χ2v) is 2.57. The molecule has 0 N–H and O–H groups in total. The predicted molar refractivity (Wildman–Crippen MR) is 29.9 cm³/mol. The average Bonchev–Trinajstić information content (AvgIpc) is 1.94. The molecule has 5 heteroatoms. The first-order valence-corrected chi connectivity index (χ1v) is 3.29. The minimum absolute atomic E-state index is 0.00875. The lowest BCUT2D eigenvalue weighted by Crippen LogP contribution is -2.42. The monoisotopic (exact) mass is 172 g/mol. The smallest absolute Gasteiger partial charge is 0.332 e. The maximum atomic E-state index is 12.4. The fourth-order valence-electron chi connectivity index (χ4n) is 0.885. The van der Waals surface area contributed by atoms with E-state index in [1.807, 2.05) is 0 Å². The zero-order valence-corrected chi connectivity index (χ0v) is 5.75. The molecule has 0 amide bonds. The highest BCUT2D eigenvalue weighted by molar-refractivity contribution is 4.86. The molecule has 1 rings (SSSR count). The van der Waals surface area contributed by atoms with Gasteiger partial charge in [-0.25, -0.2) is 0 Å². The molecule has 0 radical (unpaired) electrons. The molecular formula is C6H8F4O. The summed E-state index contributed by atoms with van der Waals surface area (Å²) in [7, 11) is 0. The molecule has 0 aromatic rings. The Bertz CT molecular complexity index is 130. The fraction of sp³-hybridized carbons (Fsp3) is 1.00. The van der Waals surface area contributed by atoms with Crippen LogP contribution in [0.3, 0.4) is 0 Å². The summed E-state index contributed by atoms with van der Waals surface area (Å²) in [6, 6.07) is 0. The highest BCUT2D eigenvalue weighted by atomic mass is 19.3. The van der Waals surface area contributed by atoms with Crippen LogP contribution in [-0.4, -0.2) is 25.1 Å². The van der Waals surface area contributed by atoms with Gasteiger partial charge in [0.1, 0.15) is 6.61 Å². The van der Waals surface area contributed by atoms with Crippen LogP contribution >= 0.6 is 0 Å². The zero-order valence-electron chi connectivity index (χ0n) is 5.75. The van der Waals surface area contributed by atoms with Crippen LogP contribution in [0.1, 0.15) is 12.8 Å². The summed E-state index contributed by atoms with van der Waals surface area (Å²) in [5, 5.41) is 0. The van der Waals surface area contributed by atoms with E-state index in [0.717, 1.165) is 0 Å². The molecular weight excluding hydrogens is 164 g/mol. The summed E-state index contributed by atoms with van der Waals surface area (Å²) in [4.78, 5) is 0. The SMILES string of the molecule is FC1(F)CCCOCC1(F)F. The number of hydrogen-bond donors (Lipinski definition) is 0. The number of ether oxygens (including phenoxy) is 1. The molecule has 0 spiro atoms. The molecule has 0 aliphatic carbocycles. The van der Waals surface area contributed by atoms with E-state index in [1.54, 1.807) is 0 Å². The van der Waals surface area contributed by atoms with E-state index in [4.69, 9.17) is 0 Å². The highest BCUT2D eigenvalue weighted by Gasteiger charge is 2.56. The van der Waals surface area contributed by atoms with Gasteiger partial charge in [0.25, 0.3) is 0 Å². The van der Waals surface area contributed by atoms with E-state index in [9.17, 15) is 17.6 Å². The zero-order chi connectivity index (χ0) is 8.54. The summed E-state index contributed by atoms with van der Waals surface area (Å²) in [6.07, 6.45) is -0.803. The number of rotatable bonds is 0. The lowest BCUT2D eigenvalue weighted by atomic mass is 10.1. The van der Waals surface area contributed by atoms with Gasteiger partial charge in [-0.15, -0.1) is 0 Å². The predicted octanol–water partition coefficient (Wildman–Crippen LogP) is 2.07. The molecule has 0 aromatic carbocycles. The number of hydrogen-bond acceptors (Lipinski definition) is 1. The summed E-state index contributed by atoms with van der Waals surface area (Å²) in [6.45, 7) is -1.18. The first-order valence-electron chi connectivity index (χ1n) is 3.29. The molecule has 1 aliphatic rings. The summed E-state index contributed by atoms with van der Waals surface area (Å²) < 4.78 is 53.9. The summed E-state index contributed by atoms with van der Waals surface area (Å²) >= 11 is 0. The minimum Gasteiger partial charge on any atom is -0.375 e. The van der Waals surface area contributed by atoms with Gasteiger partial charge in [-0.05, 0) is 6.42 Å². The maximum Gasteiger partial charge on any atom is 0.332 e. The van der Waals surface area contributed by atoms with Crippen LogP contribution in [0.25, 0.3) is 0 Å². The molecule has 1 heterocycles. The Hall–Kier alpha value is -0.320. The van der Waals surface area contributed by atoms with Crippen molar-refractivity contribution in [2.45, 2.75) is 24.7 Å². The Morgan fingerprint density at radius 3 is 2.27 bits per heavy atom. The number of alkyl halides is 4. The second-order valence-electron chi connectivity index (χ2n) is 2.57. The quantitative estimate of drug-likeness (QED) is 0.508. The van der Waals surface area contributed by atoms with Crippen LogP contribution in [-0.2, 0) is 4.74 Å². The van der Waals surface area contributed by atoms with Gasteiger partial charge in [-0.3, -0.25) is 0 Å². The molecule has 1 aliphatic heterocycles. The Balaban J connectivity index is 2.72. The van der Waals surface area contributed by atoms with Crippen LogP contribution < -0.4 is 0 Å². The van der Waals surface area contributed by atoms with Gasteiger partial charge >= 0.3 is 11.8 Å². The highest BCUT2D eigenvalue weighted by Crippen LogP contribution is 2.39. The largest absolute Gasteiger partial charge is 0.375 e. The third kappa shape index (κ3) is 1.64. The van der Waals surface area contributed by atoms with Gasteiger partial charge in [-0.2, -0.15) is 17.6 Å². The van der Waals surface area contributed by atoms with Gasteiger partial charge in [0.05, 0.1) is 0 Å². The van der Waals surface area contributed by atoms with Gasteiger partial charge in [0.2, 0.25) is 0 Å². The van der Waals surface area contributed by atoms with E-state index in [0.29, 0.717) is 0 Å². The van der Waals surface area contributed by atoms with E-state index in [1.165, 1.54) is 0 Å². The van der Waals surface area contributed by atoms with Gasteiger partial charge < -0.3 is 4.74 Å². The van der Waals surface area contributed by atoms with E-state index >= 15 is 0 Å². The van der Waals surface area contributed by atoms with Crippen molar-refractivity contribution in [3.8, 4) is 0 Å². The van der Waals surface area contributed by atoms with Crippen LogP contribution in [0, 0.1) is 0 Å². The third-order valence-corrected chi connectivity index (χ3v) is 1.60. The van der Waals surface area contributed by atoms with Crippen LogP contribution in [0.5, 0.6) is 0 Å². The number of halogens is 4. The summed E-state index contributed by atoms with van der Waals surface area (Å²) in [5.41, 5.74) is 0. The molecule has 0 unspecified atom stereocenters. The van der Waals surface area contributed by atoms with Crippen molar-refractivity contribution in [2.24, 2.45) is 0 Å². The average molecular weight is 172 g/mol. The van der Waals surface area contributed by atoms with Gasteiger partial charge in [0.15, 0.2) is 0 Å². The summed E-state index contributed by atoms with van der Waals surface area (Å²) in [5.74, 6) is -7.90. The topological polar surface area (TPSA) is 9.23 Å². The van der Waals surface area contributed by atoms with Crippen molar-refractivity contribution < 1.29 is 22.3 Å². The Morgan fingerprint density at radius 2 is 1.64 bits per heavy atom. The van der Waals surface area contributed by atoms with E-state index in [2.05, 4.69) is 4.74 Å². The Labute approximate surface area is 61.3 Å². The maximum absolute atomic E-state index is 12.4. The molecule has 0 bridgehead atoms. The standard InChI is InChI=1S/C6H8F4O/c7-5(8)2-1-3-11-4-6(5,9)10/h1-4H2. The van der Waals surface area contributed by atoms with Crippen molar-refractivity contribution in [2.75, 3.05) is 13.2 Å². The van der Waals surface area contributed by atoms with Crippen molar-refractivity contribution >= 4 is 0 Å². The first-order chi connectivity index (χ1) is 4.96. The fourth-order valence-corrected chi connectivity index (χ4v) is 0.885. The molecule has 0 atom stereocenters. The molecule has 1 saturated heterocycles. The van der Waals surface area contributed by atoms with E-state index < -0.39 is 24.9 Å². The molecule has 0 aromatic heterocycles. The Morgan fingerprint density at radius 1 is 1.00 bits per heavy atom. The first kappa shape index (κ1) is 8.77. The molecule has 1 nitrogen and oxygen atoms in total. The molecule has 1 fully saturated rings. The van der Waals surface area contributed by atoms with Gasteiger partial charge in [-0.1, -0.05) is 0 Å². The minimum atomic E-state index is -4.00. The van der Waals surface area contributed by atoms with Crippen LogP contribution in [0.2, 0.25) is 0 Å². The van der Waals surface area contributed by atoms with Crippen molar-refractivity contribution in [3.63, 3.8) is 0 Å². The van der Waals surface area contributed by atoms with Gasteiger partial charge in [0, 0.05) is 13.0 Å². The molecule has 11 heavy (non-hydrogen) atoms. The van der Waals surface area contributed by atoms with Crippen LogP contribution in [0.4, 0.5) is 17.6 Å². The van der Waals surface area contributed by atoms with Crippen molar-refractivity contribution in [3.05, 3.63) is 0 Å². The molecule has 0 saturated carbocycles. The van der Waals surface area contributed by atoms with Crippen molar-refractivity contribution in [1.82, 2.24) is 0 Å². The van der Waals surface area contributed by atoms with E-state index in [-0.39, 0.29) is 13.0 Å². The lowest BCUT2D eigenvalue weighted by Gasteiger charge is -2.22. The normalized spacial score (nSPS) is 29.5. The second kappa shape index (κ2) is 2.62. The lowest BCUT2D eigenvalue weighted by molar-refractivity contribution is -0.222. The van der Waals surface area contributed by atoms with Crippen LogP contribution in [0.15, 0.2) is 0 Å².